The van der Waals surface area contributed by atoms with E-state index in [0.29, 0.717) is 0 Å². The van der Waals surface area contributed by atoms with Crippen molar-refractivity contribution in [3.8, 4) is 0 Å². The Bertz CT molecular complexity index is 497. The fraction of sp³-hybridized carbons (Fsp3) is 0.533. The van der Waals surface area contributed by atoms with Crippen molar-refractivity contribution in [1.29, 1.82) is 0 Å². The van der Waals surface area contributed by atoms with Gasteiger partial charge in [0.1, 0.15) is 0 Å². The van der Waals surface area contributed by atoms with Gasteiger partial charge in [-0.1, -0.05) is 0 Å². The molecule has 1 fully saturated rings. The highest BCUT2D eigenvalue weighted by Crippen LogP contribution is 2.11. The monoisotopic (exact) mass is 321 g/mol. The first-order valence-electron chi connectivity index (χ1n) is 7.45. The number of nitrogens with zero attached hydrogens (tertiary/aromatic N) is 3. The zero-order valence-corrected chi connectivity index (χ0v) is 13.7. The summed E-state index contributed by atoms with van der Waals surface area (Å²) in [5, 5.41) is 3.05. The summed E-state index contributed by atoms with van der Waals surface area (Å²) < 4.78 is 0. The molecule has 1 aliphatic rings. The molecule has 7 heteroatoms. The van der Waals surface area contributed by atoms with Crippen molar-refractivity contribution >= 4 is 29.7 Å². The van der Waals surface area contributed by atoms with Crippen molar-refractivity contribution in [3.63, 3.8) is 0 Å². The van der Waals surface area contributed by atoms with Crippen LogP contribution in [0.5, 0.6) is 0 Å². The fourth-order valence-electron chi connectivity index (χ4n) is 2.38. The predicted molar refractivity (Wildman–Crippen MR) is 91.5 cm³/mol. The normalized spacial score (nSPS) is 17.0. The Hall–Kier alpha value is -1.60. The van der Waals surface area contributed by atoms with Gasteiger partial charge in [-0.3, -0.25) is 4.79 Å². The Kier molecular flexibility index (Phi) is 6.67. The fourth-order valence-corrected chi connectivity index (χ4v) is 2.82. The minimum absolute atomic E-state index is 0.0700. The molecule has 0 aromatic carbocycles. The molecule has 2 heterocycles. The van der Waals surface area contributed by atoms with E-state index in [1.165, 1.54) is 11.8 Å². The number of nitrogen functional groups attached to an aromatic ring is 1. The Morgan fingerprint density at radius 2 is 2.14 bits per heavy atom. The lowest BCUT2D eigenvalue weighted by Gasteiger charge is -2.31. The van der Waals surface area contributed by atoms with Crippen LogP contribution in [0.2, 0.25) is 0 Å². The van der Waals surface area contributed by atoms with Crippen LogP contribution in [-0.2, 0) is 4.79 Å². The average Bonchev–Trinajstić information content (AvgIpc) is 2.54. The Balaban J connectivity index is 1.72. The summed E-state index contributed by atoms with van der Waals surface area (Å²) in [7, 11) is 0. The molecule has 0 atom stereocenters. The SMILES string of the molecule is CSCCN1CCC(NC(=O)C=Cc2cnc(N)nc2)CC1. The summed E-state index contributed by atoms with van der Waals surface area (Å²) in [5.74, 6) is 1.33. The van der Waals surface area contributed by atoms with Gasteiger partial charge < -0.3 is 16.0 Å². The van der Waals surface area contributed by atoms with Crippen LogP contribution >= 0.6 is 11.8 Å². The number of carbonyl (C=O) groups is 1. The van der Waals surface area contributed by atoms with Crippen LogP contribution in [0, 0.1) is 0 Å². The number of nitrogens with one attached hydrogen (secondary N) is 1. The molecule has 0 radical (unpaired) electrons. The molecule has 1 aromatic heterocycles. The van der Waals surface area contributed by atoms with Gasteiger partial charge >= 0.3 is 0 Å². The second kappa shape index (κ2) is 8.75. The first kappa shape index (κ1) is 16.8. The van der Waals surface area contributed by atoms with Gasteiger partial charge in [0.25, 0.3) is 0 Å². The van der Waals surface area contributed by atoms with E-state index in [0.717, 1.165) is 38.0 Å². The molecule has 1 saturated heterocycles. The van der Waals surface area contributed by atoms with Crippen molar-refractivity contribution < 1.29 is 4.79 Å². The number of nitrogens with two attached hydrogens (primary N) is 1. The van der Waals surface area contributed by atoms with Gasteiger partial charge in [-0.25, -0.2) is 9.97 Å². The minimum Gasteiger partial charge on any atom is -0.368 e. The number of thioether (sulfide) groups is 1. The maximum Gasteiger partial charge on any atom is 0.244 e. The van der Waals surface area contributed by atoms with E-state index in [1.54, 1.807) is 18.5 Å². The Labute approximate surface area is 135 Å². The number of hydrogen-bond acceptors (Lipinski definition) is 6. The van der Waals surface area contributed by atoms with E-state index in [2.05, 4.69) is 26.4 Å². The standard InChI is InChI=1S/C15H23N5OS/c1-22-9-8-20-6-4-13(5-7-20)19-14(21)3-2-12-10-17-15(16)18-11-12/h2-3,10-11,13H,4-9H2,1H3,(H,19,21)(H2,16,17,18). The maximum atomic E-state index is 11.9. The van der Waals surface area contributed by atoms with Gasteiger partial charge in [-0.15, -0.1) is 0 Å². The van der Waals surface area contributed by atoms with Gasteiger partial charge in [0.15, 0.2) is 0 Å². The zero-order valence-electron chi connectivity index (χ0n) is 12.9. The molecule has 0 bridgehead atoms. The van der Waals surface area contributed by atoms with Crippen molar-refractivity contribution in [2.45, 2.75) is 18.9 Å². The molecule has 120 valence electrons. The van der Waals surface area contributed by atoms with Crippen LogP contribution < -0.4 is 11.1 Å². The molecule has 2 rings (SSSR count). The second-order valence-electron chi connectivity index (χ2n) is 5.33. The number of amides is 1. The first-order valence-corrected chi connectivity index (χ1v) is 8.84. The number of hydrogen-bond donors (Lipinski definition) is 2. The molecular formula is C15H23N5OS. The molecule has 0 unspecified atom stereocenters. The Morgan fingerprint density at radius 1 is 1.45 bits per heavy atom. The summed E-state index contributed by atoms with van der Waals surface area (Å²) in [6.07, 6.45) is 10.6. The number of carbonyl (C=O) groups excluding carboxylic acids is 1. The topological polar surface area (TPSA) is 84.1 Å². The van der Waals surface area contributed by atoms with Crippen molar-refractivity contribution in [3.05, 3.63) is 24.0 Å². The number of likely N-dealkylation sites (tertiary alicyclic amines) is 1. The van der Waals surface area contributed by atoms with Gasteiger partial charge in [-0.05, 0) is 25.2 Å². The predicted octanol–water partition coefficient (Wildman–Crippen LogP) is 1.02. The molecular weight excluding hydrogens is 298 g/mol. The van der Waals surface area contributed by atoms with E-state index in [9.17, 15) is 4.79 Å². The molecule has 1 aliphatic heterocycles. The highest BCUT2D eigenvalue weighted by molar-refractivity contribution is 7.98. The maximum absolute atomic E-state index is 11.9. The number of piperidine rings is 1. The van der Waals surface area contributed by atoms with Gasteiger partial charge in [0.2, 0.25) is 11.9 Å². The molecule has 1 aromatic rings. The van der Waals surface area contributed by atoms with Crippen LogP contribution in [-0.4, -0.2) is 58.5 Å². The first-order chi connectivity index (χ1) is 10.7. The summed E-state index contributed by atoms with van der Waals surface area (Å²) in [6, 6.07) is 0.269. The molecule has 0 saturated carbocycles. The highest BCUT2D eigenvalue weighted by atomic mass is 32.2. The van der Waals surface area contributed by atoms with E-state index in [4.69, 9.17) is 5.73 Å². The van der Waals surface area contributed by atoms with Crippen LogP contribution in [0.15, 0.2) is 18.5 Å². The third-order valence-corrected chi connectivity index (χ3v) is 4.26. The molecule has 3 N–H and O–H groups in total. The van der Waals surface area contributed by atoms with Crippen LogP contribution in [0.3, 0.4) is 0 Å². The lowest BCUT2D eigenvalue weighted by Crippen LogP contribution is -2.44. The van der Waals surface area contributed by atoms with E-state index >= 15 is 0 Å². The van der Waals surface area contributed by atoms with Gasteiger partial charge in [0, 0.05) is 55.5 Å². The average molecular weight is 321 g/mol. The van der Waals surface area contributed by atoms with Crippen LogP contribution in [0.1, 0.15) is 18.4 Å². The minimum atomic E-state index is -0.0700. The van der Waals surface area contributed by atoms with E-state index < -0.39 is 0 Å². The van der Waals surface area contributed by atoms with Crippen LogP contribution in [0.25, 0.3) is 6.08 Å². The van der Waals surface area contributed by atoms with E-state index in [1.807, 2.05) is 11.8 Å². The number of anilines is 1. The molecule has 0 spiro atoms. The number of aromatic nitrogens is 2. The van der Waals surface area contributed by atoms with Crippen LogP contribution in [0.4, 0.5) is 5.95 Å². The Morgan fingerprint density at radius 3 is 2.77 bits per heavy atom. The zero-order chi connectivity index (χ0) is 15.8. The van der Waals surface area contributed by atoms with Gasteiger partial charge in [-0.2, -0.15) is 11.8 Å². The number of rotatable bonds is 6. The summed E-state index contributed by atoms with van der Waals surface area (Å²) >= 11 is 1.87. The van der Waals surface area contributed by atoms with Gasteiger partial charge in [0.05, 0.1) is 0 Å². The third kappa shape index (κ3) is 5.65. The quantitative estimate of drug-likeness (QED) is 0.761. The summed E-state index contributed by atoms with van der Waals surface area (Å²) in [6.45, 7) is 3.25. The smallest absolute Gasteiger partial charge is 0.244 e. The van der Waals surface area contributed by atoms with Crippen molar-refractivity contribution in [2.75, 3.05) is 37.4 Å². The molecule has 6 nitrogen and oxygen atoms in total. The second-order valence-corrected chi connectivity index (χ2v) is 6.31. The van der Waals surface area contributed by atoms with E-state index in [-0.39, 0.29) is 17.9 Å². The summed E-state index contributed by atoms with van der Waals surface area (Å²) in [4.78, 5) is 22.1. The largest absolute Gasteiger partial charge is 0.368 e. The molecule has 1 amide bonds. The van der Waals surface area contributed by atoms with Crippen molar-refractivity contribution in [1.82, 2.24) is 20.2 Å². The lowest BCUT2D eigenvalue weighted by molar-refractivity contribution is -0.117. The lowest BCUT2D eigenvalue weighted by atomic mass is 10.1. The third-order valence-electron chi connectivity index (χ3n) is 3.66. The molecule has 22 heavy (non-hydrogen) atoms. The molecule has 0 aliphatic carbocycles. The van der Waals surface area contributed by atoms with Crippen molar-refractivity contribution in [2.24, 2.45) is 0 Å². The summed E-state index contributed by atoms with van der Waals surface area (Å²) in [5.41, 5.74) is 6.18. The highest BCUT2D eigenvalue weighted by Gasteiger charge is 2.19.